The Morgan fingerprint density at radius 3 is 2.82 bits per heavy atom. The Balaban J connectivity index is 2.11. The fraction of sp³-hybridized carbons (Fsp3) is 0.417. The van der Waals surface area contributed by atoms with Gasteiger partial charge in [-0.15, -0.1) is 0 Å². The van der Waals surface area contributed by atoms with Crippen LogP contribution in [-0.2, 0) is 4.79 Å². The number of hydrogen-bond acceptors (Lipinski definition) is 2. The largest absolute Gasteiger partial charge is 0.323 e. The maximum Gasteiger partial charge on any atom is 0.231 e. The quantitative estimate of drug-likeness (QED) is 0.897. The Bertz CT molecular complexity index is 446. The van der Waals surface area contributed by atoms with E-state index in [1.165, 1.54) is 6.07 Å². The number of hydrogen-bond donors (Lipinski definition) is 2. The zero-order valence-electron chi connectivity index (χ0n) is 9.52. The molecule has 5 heteroatoms. The highest BCUT2D eigenvalue weighted by Crippen LogP contribution is 2.46. The van der Waals surface area contributed by atoms with Crippen LogP contribution in [0.15, 0.2) is 22.7 Å². The van der Waals surface area contributed by atoms with Crippen molar-refractivity contribution in [3.05, 3.63) is 28.5 Å². The SMILES string of the molecule is CNCC1(C(=O)Nc2cc(Br)ccc2F)CC1. The molecular weight excluding hydrogens is 287 g/mol. The van der Waals surface area contributed by atoms with Gasteiger partial charge in [0, 0.05) is 11.0 Å². The van der Waals surface area contributed by atoms with Crippen molar-refractivity contribution in [3.63, 3.8) is 0 Å². The van der Waals surface area contributed by atoms with Gasteiger partial charge in [0.1, 0.15) is 5.82 Å². The molecule has 1 aromatic carbocycles. The third-order valence-electron chi connectivity index (χ3n) is 3.03. The molecule has 1 aliphatic carbocycles. The minimum Gasteiger partial charge on any atom is -0.323 e. The summed E-state index contributed by atoms with van der Waals surface area (Å²) in [6, 6.07) is 4.51. The summed E-state index contributed by atoms with van der Waals surface area (Å²) in [5.41, 5.74) is -0.115. The Morgan fingerprint density at radius 2 is 2.24 bits per heavy atom. The zero-order valence-corrected chi connectivity index (χ0v) is 11.1. The van der Waals surface area contributed by atoms with Gasteiger partial charge in [0.25, 0.3) is 0 Å². The van der Waals surface area contributed by atoms with E-state index in [0.29, 0.717) is 6.54 Å². The van der Waals surface area contributed by atoms with Crippen LogP contribution in [0.3, 0.4) is 0 Å². The summed E-state index contributed by atoms with van der Waals surface area (Å²) in [4.78, 5) is 12.0. The highest BCUT2D eigenvalue weighted by molar-refractivity contribution is 9.10. The second kappa shape index (κ2) is 4.74. The third kappa shape index (κ3) is 2.66. The molecule has 0 aromatic heterocycles. The molecule has 1 fully saturated rings. The molecule has 0 radical (unpaired) electrons. The van der Waals surface area contributed by atoms with Gasteiger partial charge in [-0.25, -0.2) is 4.39 Å². The molecule has 92 valence electrons. The number of carbonyl (C=O) groups is 1. The van der Waals surface area contributed by atoms with E-state index >= 15 is 0 Å². The third-order valence-corrected chi connectivity index (χ3v) is 3.52. The van der Waals surface area contributed by atoms with E-state index in [4.69, 9.17) is 0 Å². The number of nitrogens with one attached hydrogen (secondary N) is 2. The van der Waals surface area contributed by atoms with Crippen molar-refractivity contribution < 1.29 is 9.18 Å². The van der Waals surface area contributed by atoms with Gasteiger partial charge in [0.05, 0.1) is 11.1 Å². The van der Waals surface area contributed by atoms with Crippen LogP contribution in [0, 0.1) is 11.2 Å². The van der Waals surface area contributed by atoms with Gasteiger partial charge >= 0.3 is 0 Å². The number of halogens is 2. The summed E-state index contributed by atoms with van der Waals surface area (Å²) in [7, 11) is 1.81. The van der Waals surface area contributed by atoms with Gasteiger partial charge in [-0.1, -0.05) is 15.9 Å². The smallest absolute Gasteiger partial charge is 0.231 e. The molecule has 2 rings (SSSR count). The van der Waals surface area contributed by atoms with Gasteiger partial charge in [-0.05, 0) is 38.1 Å². The lowest BCUT2D eigenvalue weighted by atomic mass is 10.1. The van der Waals surface area contributed by atoms with Crippen molar-refractivity contribution in [2.75, 3.05) is 18.9 Å². The molecule has 1 aliphatic rings. The number of carbonyl (C=O) groups excluding carboxylic acids is 1. The Hall–Kier alpha value is -0.940. The second-order valence-corrected chi connectivity index (χ2v) is 5.30. The lowest BCUT2D eigenvalue weighted by Gasteiger charge is -2.15. The van der Waals surface area contributed by atoms with Crippen LogP contribution in [0.25, 0.3) is 0 Å². The first-order valence-corrected chi connectivity index (χ1v) is 6.28. The maximum absolute atomic E-state index is 13.5. The molecule has 17 heavy (non-hydrogen) atoms. The highest BCUT2D eigenvalue weighted by Gasteiger charge is 2.49. The fourth-order valence-corrected chi connectivity index (χ4v) is 2.18. The van der Waals surface area contributed by atoms with Crippen molar-refractivity contribution >= 4 is 27.5 Å². The Labute approximate surface area is 108 Å². The summed E-state index contributed by atoms with van der Waals surface area (Å²) < 4.78 is 14.2. The van der Waals surface area contributed by atoms with E-state index in [-0.39, 0.29) is 17.0 Å². The van der Waals surface area contributed by atoms with E-state index in [9.17, 15) is 9.18 Å². The van der Waals surface area contributed by atoms with Crippen LogP contribution >= 0.6 is 15.9 Å². The van der Waals surface area contributed by atoms with Crippen LogP contribution in [0.4, 0.5) is 10.1 Å². The predicted octanol–water partition coefficient (Wildman–Crippen LogP) is 2.53. The Kier molecular flexibility index (Phi) is 3.49. The molecular formula is C12H14BrFN2O. The number of amides is 1. The van der Waals surface area contributed by atoms with Crippen LogP contribution in [-0.4, -0.2) is 19.5 Å². The molecule has 0 spiro atoms. The lowest BCUT2D eigenvalue weighted by Crippen LogP contribution is -2.32. The van der Waals surface area contributed by atoms with E-state index in [1.54, 1.807) is 12.1 Å². The van der Waals surface area contributed by atoms with Crippen molar-refractivity contribution in [3.8, 4) is 0 Å². The van der Waals surface area contributed by atoms with Gasteiger partial charge < -0.3 is 10.6 Å². The van der Waals surface area contributed by atoms with Gasteiger partial charge in [0.15, 0.2) is 0 Å². The van der Waals surface area contributed by atoms with E-state index in [0.717, 1.165) is 17.3 Å². The van der Waals surface area contributed by atoms with Gasteiger partial charge in [-0.2, -0.15) is 0 Å². The maximum atomic E-state index is 13.5. The lowest BCUT2D eigenvalue weighted by molar-refractivity contribution is -0.121. The molecule has 0 atom stereocenters. The van der Waals surface area contributed by atoms with Gasteiger partial charge in [-0.3, -0.25) is 4.79 Å². The number of anilines is 1. The first-order chi connectivity index (χ1) is 8.07. The van der Waals surface area contributed by atoms with Crippen molar-refractivity contribution in [1.82, 2.24) is 5.32 Å². The average molecular weight is 301 g/mol. The monoisotopic (exact) mass is 300 g/mol. The molecule has 2 N–H and O–H groups in total. The fourth-order valence-electron chi connectivity index (χ4n) is 1.82. The molecule has 0 saturated heterocycles. The minimum atomic E-state index is -0.415. The zero-order chi connectivity index (χ0) is 12.5. The summed E-state index contributed by atoms with van der Waals surface area (Å²) in [5.74, 6) is -0.523. The molecule has 3 nitrogen and oxygen atoms in total. The van der Waals surface area contributed by atoms with Crippen molar-refractivity contribution in [1.29, 1.82) is 0 Å². The second-order valence-electron chi connectivity index (χ2n) is 4.39. The average Bonchev–Trinajstić information content (AvgIpc) is 3.05. The summed E-state index contributed by atoms with van der Waals surface area (Å²) >= 11 is 3.25. The molecule has 0 aliphatic heterocycles. The first-order valence-electron chi connectivity index (χ1n) is 5.48. The first kappa shape index (κ1) is 12.5. The van der Waals surface area contributed by atoms with Crippen LogP contribution in [0.1, 0.15) is 12.8 Å². The van der Waals surface area contributed by atoms with Crippen LogP contribution < -0.4 is 10.6 Å². The molecule has 1 aromatic rings. The number of benzene rings is 1. The van der Waals surface area contributed by atoms with Crippen molar-refractivity contribution in [2.45, 2.75) is 12.8 Å². The molecule has 0 heterocycles. The van der Waals surface area contributed by atoms with Crippen LogP contribution in [0.5, 0.6) is 0 Å². The molecule has 0 bridgehead atoms. The predicted molar refractivity (Wildman–Crippen MR) is 68.3 cm³/mol. The molecule has 1 amide bonds. The number of rotatable bonds is 4. The standard InChI is InChI=1S/C12H14BrFN2O/c1-15-7-12(4-5-12)11(17)16-10-6-8(13)2-3-9(10)14/h2-3,6,15H,4-5,7H2,1H3,(H,16,17). The van der Waals surface area contributed by atoms with E-state index < -0.39 is 5.82 Å². The summed E-state index contributed by atoms with van der Waals surface area (Å²) in [6.07, 6.45) is 1.71. The minimum absolute atomic E-state index is 0.108. The molecule has 1 saturated carbocycles. The van der Waals surface area contributed by atoms with Gasteiger partial charge in [0.2, 0.25) is 5.91 Å². The summed E-state index contributed by atoms with van der Waals surface area (Å²) in [5, 5.41) is 5.65. The van der Waals surface area contributed by atoms with E-state index in [2.05, 4.69) is 26.6 Å². The summed E-state index contributed by atoms with van der Waals surface area (Å²) in [6.45, 7) is 0.633. The molecule has 0 unspecified atom stereocenters. The van der Waals surface area contributed by atoms with Crippen molar-refractivity contribution in [2.24, 2.45) is 5.41 Å². The van der Waals surface area contributed by atoms with E-state index in [1.807, 2.05) is 7.05 Å². The highest BCUT2D eigenvalue weighted by atomic mass is 79.9. The Morgan fingerprint density at radius 1 is 1.53 bits per heavy atom. The topological polar surface area (TPSA) is 41.1 Å². The van der Waals surface area contributed by atoms with Crippen LogP contribution in [0.2, 0.25) is 0 Å². The normalized spacial score (nSPS) is 16.6.